The van der Waals surface area contributed by atoms with Crippen molar-refractivity contribution in [3.63, 3.8) is 0 Å². The normalized spacial score (nSPS) is 39.7. The van der Waals surface area contributed by atoms with Crippen LogP contribution in [0, 0.1) is 45.3 Å². The van der Waals surface area contributed by atoms with Gasteiger partial charge in [-0.15, -0.1) is 6.58 Å². The molecule has 4 rings (SSSR count). The maximum absolute atomic E-state index is 13.6. The van der Waals surface area contributed by atoms with Gasteiger partial charge in [0.05, 0.1) is 61.0 Å². The Hall–Kier alpha value is -2.50. The largest absolute Gasteiger partial charge is 0.469 e. The van der Waals surface area contributed by atoms with Crippen LogP contribution in [0.25, 0.3) is 0 Å². The summed E-state index contributed by atoms with van der Waals surface area (Å²) in [5, 5.41) is 11.6. The van der Waals surface area contributed by atoms with Crippen LogP contribution in [0.4, 0.5) is 0 Å². The Morgan fingerprint density at radius 2 is 1.22 bits per heavy atom. The molecular weight excluding hydrogens is 704 g/mol. The van der Waals surface area contributed by atoms with Crippen LogP contribution in [-0.4, -0.2) is 85.4 Å². The molecule has 2 saturated heterocycles. The molecule has 2 heterocycles. The molecule has 4 aliphatic rings. The van der Waals surface area contributed by atoms with Crippen LogP contribution in [0.1, 0.15) is 140 Å². The molecule has 11 heteroatoms. The molecule has 2 saturated carbocycles. The Morgan fingerprint density at radius 3 is 1.73 bits per heavy atom. The minimum Gasteiger partial charge on any atom is -0.469 e. The predicted molar refractivity (Wildman–Crippen MR) is 208 cm³/mol. The molecule has 11 nitrogen and oxygen atoms in total. The van der Waals surface area contributed by atoms with E-state index < -0.39 is 56.1 Å². The van der Waals surface area contributed by atoms with Crippen LogP contribution < -0.4 is 0 Å². The average molecular weight is 777 g/mol. The Labute approximate surface area is 330 Å². The van der Waals surface area contributed by atoms with E-state index in [2.05, 4.69) is 34.3 Å². The van der Waals surface area contributed by atoms with E-state index in [1.807, 2.05) is 47.6 Å². The van der Waals surface area contributed by atoms with Gasteiger partial charge in [-0.25, -0.2) is 0 Å². The molecule has 0 spiro atoms. The first-order valence-electron chi connectivity index (χ1n) is 20.4. The molecule has 314 valence electrons. The first-order chi connectivity index (χ1) is 25.3. The molecule has 2 aliphatic carbocycles. The van der Waals surface area contributed by atoms with Crippen LogP contribution in [-0.2, 0) is 47.6 Å². The Kier molecular flexibility index (Phi) is 12.9. The number of aliphatic hydroxyl groups is 1. The fourth-order valence-electron chi connectivity index (χ4n) is 12.6. The molecule has 11 atom stereocenters. The number of rotatable bonds is 13. The maximum Gasteiger partial charge on any atom is 0.311 e. The van der Waals surface area contributed by atoms with Crippen molar-refractivity contribution in [3.8, 4) is 0 Å². The first kappa shape index (κ1) is 45.2. The summed E-state index contributed by atoms with van der Waals surface area (Å²) in [6.45, 7) is 23.8. The van der Waals surface area contributed by atoms with E-state index in [-0.39, 0.29) is 61.0 Å². The number of ether oxygens (including phenoxy) is 6. The Bertz CT molecular complexity index is 1470. The number of hydrogen-bond donors (Lipinski definition) is 1. The summed E-state index contributed by atoms with van der Waals surface area (Å²) in [4.78, 5) is 52.7. The second-order valence-corrected chi connectivity index (χ2v) is 19.9. The third-order valence-electron chi connectivity index (χ3n) is 15.6. The highest BCUT2D eigenvalue weighted by Gasteiger charge is 2.64. The number of esters is 4. The van der Waals surface area contributed by atoms with E-state index in [1.165, 1.54) is 21.3 Å². The van der Waals surface area contributed by atoms with Gasteiger partial charge in [0.15, 0.2) is 0 Å². The van der Waals surface area contributed by atoms with Gasteiger partial charge in [-0.2, -0.15) is 0 Å². The molecule has 0 aromatic rings. The summed E-state index contributed by atoms with van der Waals surface area (Å²) in [5.41, 5.74) is -5.40. The zero-order chi connectivity index (χ0) is 41.6. The molecule has 0 unspecified atom stereocenters. The summed E-state index contributed by atoms with van der Waals surface area (Å²) in [6.07, 6.45) is 6.97. The number of hydrogen-bond acceptors (Lipinski definition) is 11. The minimum atomic E-state index is -1.10. The van der Waals surface area contributed by atoms with E-state index in [9.17, 15) is 24.3 Å². The fraction of sp³-hybridized carbons (Fsp3) is 0.864. The zero-order valence-corrected chi connectivity index (χ0v) is 36.2. The van der Waals surface area contributed by atoms with Gasteiger partial charge in [0, 0.05) is 6.42 Å². The third kappa shape index (κ3) is 8.14. The van der Waals surface area contributed by atoms with Crippen molar-refractivity contribution in [2.75, 3.05) is 27.9 Å². The van der Waals surface area contributed by atoms with Crippen molar-refractivity contribution in [2.45, 2.75) is 168 Å². The van der Waals surface area contributed by atoms with Gasteiger partial charge in [0.25, 0.3) is 0 Å². The lowest BCUT2D eigenvalue weighted by Crippen LogP contribution is -2.65. The van der Waals surface area contributed by atoms with Gasteiger partial charge >= 0.3 is 23.9 Å². The van der Waals surface area contributed by atoms with E-state index in [0.29, 0.717) is 32.1 Å². The number of methoxy groups -OCH3 is 3. The lowest BCUT2D eigenvalue weighted by Gasteiger charge is -2.63. The average Bonchev–Trinajstić information content (AvgIpc) is 3.11. The number of carbonyl (C=O) groups is 4. The van der Waals surface area contributed by atoms with Gasteiger partial charge < -0.3 is 33.5 Å². The standard InChI is InChI=1S/C44H72O11/c1-15-39(6)21-16-30-40(7,28(17-23-42(30,9)54-39)37(2,3)35(48)51-13)22-20-33(46)53-27-32(45)44(11)25-19-31-41(8,26-34(47)50-12)29(18-24-43(31,10)55-44)38(4,5)36(49)52-14/h15,28-32,45H,1,16-27H2,2-14H3/t28-,29-,30-,31-,32+,39-,40+,41+,42-,43-,44+/m0/s1. The highest BCUT2D eigenvalue weighted by Crippen LogP contribution is 2.64. The van der Waals surface area contributed by atoms with Gasteiger partial charge in [0.1, 0.15) is 12.7 Å². The predicted octanol–water partition coefficient (Wildman–Crippen LogP) is 7.54. The van der Waals surface area contributed by atoms with Crippen LogP contribution in [0.5, 0.6) is 0 Å². The second kappa shape index (κ2) is 15.7. The van der Waals surface area contributed by atoms with Crippen LogP contribution in [0.2, 0.25) is 0 Å². The van der Waals surface area contributed by atoms with Crippen molar-refractivity contribution in [3.05, 3.63) is 12.7 Å². The molecule has 4 fully saturated rings. The van der Waals surface area contributed by atoms with Crippen LogP contribution in [0.3, 0.4) is 0 Å². The van der Waals surface area contributed by atoms with Crippen molar-refractivity contribution in [1.82, 2.24) is 0 Å². The van der Waals surface area contributed by atoms with E-state index >= 15 is 0 Å². The van der Waals surface area contributed by atoms with Crippen LogP contribution in [0.15, 0.2) is 12.7 Å². The van der Waals surface area contributed by atoms with Crippen molar-refractivity contribution in [2.24, 2.45) is 45.3 Å². The molecule has 0 radical (unpaired) electrons. The van der Waals surface area contributed by atoms with Gasteiger partial charge in [-0.1, -0.05) is 19.9 Å². The highest BCUT2D eigenvalue weighted by atomic mass is 16.6. The number of aliphatic hydroxyl groups excluding tert-OH is 1. The molecule has 1 N–H and O–H groups in total. The molecular formula is C44H72O11. The molecule has 55 heavy (non-hydrogen) atoms. The lowest BCUT2D eigenvalue weighted by atomic mass is 9.47. The second-order valence-electron chi connectivity index (χ2n) is 19.9. The molecule has 0 aromatic carbocycles. The van der Waals surface area contributed by atoms with Gasteiger partial charge in [0.2, 0.25) is 0 Å². The van der Waals surface area contributed by atoms with E-state index in [0.717, 1.165) is 25.7 Å². The quantitative estimate of drug-likeness (QED) is 0.113. The number of fused-ring (bicyclic) bond motifs is 2. The third-order valence-corrected chi connectivity index (χ3v) is 15.6. The molecule has 2 aliphatic heterocycles. The minimum absolute atomic E-state index is 0.0676. The summed E-state index contributed by atoms with van der Waals surface area (Å²) < 4.78 is 35.2. The fourth-order valence-corrected chi connectivity index (χ4v) is 12.6. The van der Waals surface area contributed by atoms with E-state index in [4.69, 9.17) is 28.4 Å². The molecule has 0 aromatic heterocycles. The van der Waals surface area contributed by atoms with E-state index in [1.54, 1.807) is 0 Å². The smallest absolute Gasteiger partial charge is 0.311 e. The summed E-state index contributed by atoms with van der Waals surface area (Å²) >= 11 is 0. The zero-order valence-electron chi connectivity index (χ0n) is 36.2. The van der Waals surface area contributed by atoms with Crippen molar-refractivity contribution < 1.29 is 52.7 Å². The monoisotopic (exact) mass is 777 g/mol. The molecule has 0 amide bonds. The summed E-state index contributed by atoms with van der Waals surface area (Å²) in [6, 6.07) is 0. The van der Waals surface area contributed by atoms with Crippen LogP contribution >= 0.6 is 0 Å². The SMILES string of the molecule is C=C[C@@]1(C)CC[C@H]2[C@](C)(CCC(=O)OC[C@@H](O)[C@@]3(C)CC[C@H]4[C@](C)(CC(=O)OC)[C@H](C(C)(C)C(=O)OC)CC[C@]4(C)O3)[C@H](C(C)(C)C(=O)OC)CC[C@]2(C)O1. The molecule has 0 bridgehead atoms. The Morgan fingerprint density at radius 1 is 0.727 bits per heavy atom. The Balaban J connectivity index is 1.49. The van der Waals surface area contributed by atoms with Crippen molar-refractivity contribution in [1.29, 1.82) is 0 Å². The van der Waals surface area contributed by atoms with Crippen molar-refractivity contribution >= 4 is 23.9 Å². The number of carbonyl (C=O) groups excluding carboxylic acids is 4. The summed E-state index contributed by atoms with van der Waals surface area (Å²) in [5.74, 6) is -1.66. The van der Waals surface area contributed by atoms with Gasteiger partial charge in [-0.3, -0.25) is 19.2 Å². The van der Waals surface area contributed by atoms with Gasteiger partial charge in [-0.05, 0) is 148 Å². The topological polar surface area (TPSA) is 144 Å². The highest BCUT2D eigenvalue weighted by molar-refractivity contribution is 5.77. The maximum atomic E-state index is 13.6. The first-order valence-corrected chi connectivity index (χ1v) is 20.4. The summed E-state index contributed by atoms with van der Waals surface area (Å²) in [7, 11) is 4.18. The lowest BCUT2D eigenvalue weighted by molar-refractivity contribution is -0.284.